The van der Waals surface area contributed by atoms with Crippen LogP contribution in [0.1, 0.15) is 12.5 Å². The molecule has 0 aromatic heterocycles. The van der Waals surface area contributed by atoms with Crippen LogP contribution in [-0.2, 0) is 11.3 Å². The Morgan fingerprint density at radius 2 is 2.00 bits per heavy atom. The number of hydrogen-bond donors (Lipinski definition) is 1. The van der Waals surface area contributed by atoms with Crippen LogP contribution in [0.3, 0.4) is 0 Å². The zero-order valence-electron chi connectivity index (χ0n) is 13.7. The lowest BCUT2D eigenvalue weighted by molar-refractivity contribution is -0.384. The number of nitro groups is 1. The molecule has 2 aromatic carbocycles. The highest BCUT2D eigenvalue weighted by Gasteiger charge is 2.20. The third-order valence-electron chi connectivity index (χ3n) is 3.78. The van der Waals surface area contributed by atoms with Crippen molar-refractivity contribution in [2.75, 3.05) is 12.4 Å². The van der Waals surface area contributed by atoms with E-state index in [1.54, 1.807) is 13.0 Å². The molecule has 0 radical (unpaired) electrons. The van der Waals surface area contributed by atoms with Gasteiger partial charge >= 0.3 is 0 Å². The van der Waals surface area contributed by atoms with Gasteiger partial charge in [-0.3, -0.25) is 19.8 Å². The van der Waals surface area contributed by atoms with Crippen LogP contribution >= 0.6 is 23.2 Å². The summed E-state index contributed by atoms with van der Waals surface area (Å²) in [6, 6.07) is 10.9. The van der Waals surface area contributed by atoms with E-state index >= 15 is 0 Å². The lowest BCUT2D eigenvalue weighted by Gasteiger charge is -2.24. The van der Waals surface area contributed by atoms with E-state index in [9.17, 15) is 14.9 Å². The van der Waals surface area contributed by atoms with E-state index in [0.717, 1.165) is 5.56 Å². The van der Waals surface area contributed by atoms with Gasteiger partial charge in [-0.2, -0.15) is 0 Å². The number of nitrogens with zero attached hydrogens (tertiary/aromatic N) is 2. The Hall–Kier alpha value is -2.15. The molecular formula is C17H17Cl2N3O3. The predicted octanol–water partition coefficient (Wildman–Crippen LogP) is 4.36. The zero-order chi connectivity index (χ0) is 18.6. The highest BCUT2D eigenvalue weighted by molar-refractivity contribution is 6.34. The third-order valence-corrected chi connectivity index (χ3v) is 4.33. The van der Waals surface area contributed by atoms with Crippen LogP contribution in [0.15, 0.2) is 42.5 Å². The number of carbonyl (C=O) groups excluding carboxylic acids is 1. The second-order valence-electron chi connectivity index (χ2n) is 5.63. The smallest absolute Gasteiger partial charge is 0.271 e. The molecular weight excluding hydrogens is 365 g/mol. The average Bonchev–Trinajstić information content (AvgIpc) is 2.55. The van der Waals surface area contributed by atoms with Crippen LogP contribution < -0.4 is 5.32 Å². The van der Waals surface area contributed by atoms with Crippen molar-refractivity contribution < 1.29 is 9.72 Å². The number of non-ortho nitro benzene ring substituents is 1. The molecule has 0 aliphatic rings. The van der Waals surface area contributed by atoms with Crippen LogP contribution in [-0.4, -0.2) is 28.8 Å². The fourth-order valence-electron chi connectivity index (χ4n) is 2.22. The standard InChI is InChI=1S/C17H17Cl2N3O3/c1-11(21(2)10-12-4-3-5-13(18)8-12)17(23)20-16-7-6-14(22(24)25)9-15(16)19/h3-9,11H,10H2,1-2H3,(H,20,23). The van der Waals surface area contributed by atoms with E-state index in [1.165, 1.54) is 18.2 Å². The fourth-order valence-corrected chi connectivity index (χ4v) is 2.65. The molecule has 2 rings (SSSR count). The number of amides is 1. The van der Waals surface area contributed by atoms with Gasteiger partial charge < -0.3 is 5.32 Å². The van der Waals surface area contributed by atoms with Crippen LogP contribution in [0.25, 0.3) is 0 Å². The summed E-state index contributed by atoms with van der Waals surface area (Å²) in [7, 11) is 1.82. The van der Waals surface area contributed by atoms with E-state index in [0.29, 0.717) is 17.3 Å². The first-order valence-electron chi connectivity index (χ1n) is 7.47. The number of nitrogens with one attached hydrogen (secondary N) is 1. The van der Waals surface area contributed by atoms with Gasteiger partial charge in [-0.15, -0.1) is 0 Å². The minimum atomic E-state index is -0.543. The summed E-state index contributed by atoms with van der Waals surface area (Å²) in [5, 5.41) is 14.2. The molecule has 0 saturated carbocycles. The minimum Gasteiger partial charge on any atom is -0.323 e. The number of rotatable bonds is 6. The van der Waals surface area contributed by atoms with Gasteiger partial charge in [0.1, 0.15) is 0 Å². The molecule has 132 valence electrons. The summed E-state index contributed by atoms with van der Waals surface area (Å²) in [5.74, 6) is -0.264. The summed E-state index contributed by atoms with van der Waals surface area (Å²) in [6.45, 7) is 2.31. The SMILES string of the molecule is CC(C(=O)Nc1ccc([N+](=O)[O-])cc1Cl)N(C)Cc1cccc(Cl)c1. The second-order valence-corrected chi connectivity index (χ2v) is 6.48. The number of halogens is 2. The van der Waals surface area contributed by atoms with Crippen molar-refractivity contribution in [2.45, 2.75) is 19.5 Å². The van der Waals surface area contributed by atoms with Gasteiger partial charge in [0.15, 0.2) is 0 Å². The van der Waals surface area contributed by atoms with Crippen LogP contribution in [0, 0.1) is 10.1 Å². The maximum absolute atomic E-state index is 12.4. The first kappa shape index (κ1) is 19.2. The van der Waals surface area contributed by atoms with Crippen LogP contribution in [0.5, 0.6) is 0 Å². The first-order valence-corrected chi connectivity index (χ1v) is 8.23. The largest absolute Gasteiger partial charge is 0.323 e. The molecule has 0 heterocycles. The lowest BCUT2D eigenvalue weighted by Crippen LogP contribution is -2.39. The highest BCUT2D eigenvalue weighted by atomic mass is 35.5. The number of carbonyl (C=O) groups is 1. The van der Waals surface area contributed by atoms with E-state index in [1.807, 2.05) is 30.1 Å². The summed E-state index contributed by atoms with van der Waals surface area (Å²) in [4.78, 5) is 24.5. The molecule has 0 bridgehead atoms. The van der Waals surface area contributed by atoms with Gasteiger partial charge in [0, 0.05) is 23.7 Å². The maximum Gasteiger partial charge on any atom is 0.271 e. The third kappa shape index (κ3) is 5.16. The summed E-state index contributed by atoms with van der Waals surface area (Å²) in [5.41, 5.74) is 1.19. The van der Waals surface area contributed by atoms with Crippen molar-refractivity contribution >= 4 is 40.5 Å². The Kier molecular flexibility index (Phi) is 6.36. The molecule has 1 atom stereocenters. The van der Waals surface area contributed by atoms with Crippen molar-refractivity contribution in [2.24, 2.45) is 0 Å². The number of likely N-dealkylation sites (N-methyl/N-ethyl adjacent to an activating group) is 1. The van der Waals surface area contributed by atoms with E-state index in [2.05, 4.69) is 5.32 Å². The number of benzene rings is 2. The topological polar surface area (TPSA) is 75.5 Å². The molecule has 0 fully saturated rings. The molecule has 0 spiro atoms. The van der Waals surface area contributed by atoms with Gasteiger partial charge in [0.05, 0.1) is 21.7 Å². The van der Waals surface area contributed by atoms with Gasteiger partial charge in [-0.1, -0.05) is 35.3 Å². The second kappa shape index (κ2) is 8.29. The number of nitro benzene ring substituents is 1. The number of anilines is 1. The molecule has 1 unspecified atom stereocenters. The Morgan fingerprint density at radius 3 is 2.60 bits per heavy atom. The summed E-state index contributed by atoms with van der Waals surface area (Å²) in [6.07, 6.45) is 0. The quantitative estimate of drug-likeness (QED) is 0.595. The average molecular weight is 382 g/mol. The highest BCUT2D eigenvalue weighted by Crippen LogP contribution is 2.27. The molecule has 25 heavy (non-hydrogen) atoms. The Bertz CT molecular complexity index is 798. The molecule has 8 heteroatoms. The number of hydrogen-bond acceptors (Lipinski definition) is 4. The van der Waals surface area contributed by atoms with Crippen molar-refractivity contribution in [1.82, 2.24) is 4.90 Å². The normalized spacial score (nSPS) is 12.0. The van der Waals surface area contributed by atoms with Gasteiger partial charge in [0.25, 0.3) is 5.69 Å². The summed E-state index contributed by atoms with van der Waals surface area (Å²) < 4.78 is 0. The Balaban J connectivity index is 2.03. The van der Waals surface area contributed by atoms with E-state index in [-0.39, 0.29) is 16.6 Å². The Morgan fingerprint density at radius 1 is 1.28 bits per heavy atom. The van der Waals surface area contributed by atoms with Crippen molar-refractivity contribution in [3.8, 4) is 0 Å². The van der Waals surface area contributed by atoms with Gasteiger partial charge in [-0.25, -0.2) is 0 Å². The Labute approximate surface area is 155 Å². The fraction of sp³-hybridized carbons (Fsp3) is 0.235. The van der Waals surface area contributed by atoms with Gasteiger partial charge in [-0.05, 0) is 37.7 Å². The van der Waals surface area contributed by atoms with Crippen molar-refractivity contribution in [3.05, 3.63) is 68.2 Å². The van der Waals surface area contributed by atoms with Crippen molar-refractivity contribution in [1.29, 1.82) is 0 Å². The molecule has 0 aliphatic heterocycles. The van der Waals surface area contributed by atoms with Gasteiger partial charge in [0.2, 0.25) is 5.91 Å². The van der Waals surface area contributed by atoms with Crippen molar-refractivity contribution in [3.63, 3.8) is 0 Å². The molecule has 1 N–H and O–H groups in total. The zero-order valence-corrected chi connectivity index (χ0v) is 15.2. The van der Waals surface area contributed by atoms with Crippen LogP contribution in [0.4, 0.5) is 11.4 Å². The van der Waals surface area contributed by atoms with E-state index < -0.39 is 11.0 Å². The van der Waals surface area contributed by atoms with Crippen LogP contribution in [0.2, 0.25) is 10.0 Å². The first-order chi connectivity index (χ1) is 11.8. The minimum absolute atomic E-state index is 0.118. The molecule has 2 aromatic rings. The lowest BCUT2D eigenvalue weighted by atomic mass is 10.2. The van der Waals surface area contributed by atoms with E-state index in [4.69, 9.17) is 23.2 Å². The molecule has 0 aliphatic carbocycles. The predicted molar refractivity (Wildman–Crippen MR) is 99.1 cm³/mol. The molecule has 1 amide bonds. The monoisotopic (exact) mass is 381 g/mol. The molecule has 6 nitrogen and oxygen atoms in total. The summed E-state index contributed by atoms with van der Waals surface area (Å²) >= 11 is 12.0. The molecule has 0 saturated heterocycles. The maximum atomic E-state index is 12.4.